The van der Waals surface area contributed by atoms with Crippen LogP contribution in [0.4, 0.5) is 0 Å². The van der Waals surface area contributed by atoms with E-state index in [2.05, 4.69) is 16.0 Å². The average Bonchev–Trinajstić information content (AvgIpc) is 2.60. The zero-order chi connectivity index (χ0) is 11.1. The van der Waals surface area contributed by atoms with Crippen LogP contribution in [0.2, 0.25) is 0 Å². The van der Waals surface area contributed by atoms with E-state index in [0.29, 0.717) is 19.6 Å². The van der Waals surface area contributed by atoms with Crippen molar-refractivity contribution in [3.05, 3.63) is 24.0 Å². The Kier molecular flexibility index (Phi) is 4.90. The molecule has 84 valence electrons. The molecule has 0 aliphatic carbocycles. The van der Waals surface area contributed by atoms with Gasteiger partial charge in [0.15, 0.2) is 0 Å². The average molecular weight is 210 g/mol. The summed E-state index contributed by atoms with van der Waals surface area (Å²) in [6.45, 7) is 3.71. The second-order valence-electron chi connectivity index (χ2n) is 3.34. The van der Waals surface area contributed by atoms with Gasteiger partial charge in [0.05, 0.1) is 13.0 Å². The molecule has 4 nitrogen and oxygen atoms in total. The quantitative estimate of drug-likeness (QED) is 0.564. The highest BCUT2D eigenvalue weighted by molar-refractivity contribution is 5.69. The number of nitrogens with zero attached hydrogens (tertiary/aromatic N) is 1. The van der Waals surface area contributed by atoms with Crippen molar-refractivity contribution >= 4 is 5.97 Å². The number of hydrogen-bond acceptors (Lipinski definition) is 3. The topological polar surface area (TPSA) is 43.3 Å². The summed E-state index contributed by atoms with van der Waals surface area (Å²) in [7, 11) is 2.00. The summed E-state index contributed by atoms with van der Waals surface area (Å²) in [5.41, 5.74) is 1.21. The third-order valence-corrected chi connectivity index (χ3v) is 2.17. The Morgan fingerprint density at radius 2 is 2.40 bits per heavy atom. The first-order chi connectivity index (χ1) is 7.24. The van der Waals surface area contributed by atoms with E-state index in [9.17, 15) is 4.79 Å². The fourth-order valence-corrected chi connectivity index (χ4v) is 1.32. The van der Waals surface area contributed by atoms with Crippen molar-refractivity contribution in [3.63, 3.8) is 0 Å². The van der Waals surface area contributed by atoms with Crippen LogP contribution in [0.25, 0.3) is 0 Å². The highest BCUT2D eigenvalue weighted by Gasteiger charge is 2.01. The van der Waals surface area contributed by atoms with Gasteiger partial charge in [-0.2, -0.15) is 0 Å². The number of ether oxygens (including phenoxy) is 1. The van der Waals surface area contributed by atoms with Gasteiger partial charge in [0.25, 0.3) is 0 Å². The van der Waals surface area contributed by atoms with Crippen molar-refractivity contribution in [3.8, 4) is 0 Å². The number of carbonyl (C=O) groups excluding carboxylic acids is 1. The van der Waals surface area contributed by atoms with E-state index >= 15 is 0 Å². The van der Waals surface area contributed by atoms with E-state index < -0.39 is 0 Å². The number of hydrogen-bond donors (Lipinski definition) is 1. The van der Waals surface area contributed by atoms with Gasteiger partial charge in [-0.1, -0.05) is 0 Å². The van der Waals surface area contributed by atoms with Crippen LogP contribution in [0, 0.1) is 0 Å². The van der Waals surface area contributed by atoms with Crippen molar-refractivity contribution < 1.29 is 9.53 Å². The van der Waals surface area contributed by atoms with Gasteiger partial charge in [-0.3, -0.25) is 4.79 Å². The number of esters is 1. The lowest BCUT2D eigenvalue weighted by Crippen LogP contribution is -2.20. The minimum Gasteiger partial charge on any atom is -0.466 e. The third kappa shape index (κ3) is 4.16. The van der Waals surface area contributed by atoms with E-state index in [0.717, 1.165) is 6.54 Å². The first-order valence-corrected chi connectivity index (χ1v) is 5.20. The predicted octanol–water partition coefficient (Wildman–Crippen LogP) is 1.07. The lowest BCUT2D eigenvalue weighted by molar-refractivity contribution is -0.142. The van der Waals surface area contributed by atoms with E-state index in [4.69, 9.17) is 4.74 Å². The second-order valence-corrected chi connectivity index (χ2v) is 3.34. The number of rotatable bonds is 6. The number of aryl methyl sites for hydroxylation is 1. The first-order valence-electron chi connectivity index (χ1n) is 5.20. The van der Waals surface area contributed by atoms with E-state index in [1.54, 1.807) is 0 Å². The summed E-state index contributed by atoms with van der Waals surface area (Å²) in [6, 6.07) is 4.06. The molecule has 0 spiro atoms. The normalized spacial score (nSPS) is 10.3. The SMILES string of the molecule is CCOC(=O)CCNCc1cccn1C. The Morgan fingerprint density at radius 1 is 1.60 bits per heavy atom. The molecule has 0 unspecified atom stereocenters. The molecule has 1 aromatic rings. The van der Waals surface area contributed by atoms with Crippen molar-refractivity contribution in [2.24, 2.45) is 7.05 Å². The van der Waals surface area contributed by atoms with E-state index in [1.807, 2.05) is 26.2 Å². The predicted molar refractivity (Wildman–Crippen MR) is 58.4 cm³/mol. The maximum atomic E-state index is 11.0. The van der Waals surface area contributed by atoms with Crippen LogP contribution in [0.3, 0.4) is 0 Å². The summed E-state index contributed by atoms with van der Waals surface area (Å²) in [5.74, 6) is -0.142. The van der Waals surface area contributed by atoms with Crippen molar-refractivity contribution in [2.45, 2.75) is 19.9 Å². The molecule has 4 heteroatoms. The van der Waals surface area contributed by atoms with E-state index in [-0.39, 0.29) is 5.97 Å². The van der Waals surface area contributed by atoms with Crippen LogP contribution in [0.5, 0.6) is 0 Å². The Hall–Kier alpha value is -1.29. The standard InChI is InChI=1S/C11H18N2O2/c1-3-15-11(14)6-7-12-9-10-5-4-8-13(10)2/h4-5,8,12H,3,6-7,9H2,1-2H3. The molecule has 0 radical (unpaired) electrons. The summed E-state index contributed by atoms with van der Waals surface area (Å²) in [6.07, 6.45) is 2.43. The molecule has 0 bridgehead atoms. The molecule has 1 N–H and O–H groups in total. The molecule has 1 heterocycles. The van der Waals surface area contributed by atoms with Crippen LogP contribution in [-0.2, 0) is 23.1 Å². The molecule has 0 atom stereocenters. The largest absolute Gasteiger partial charge is 0.466 e. The first kappa shape index (κ1) is 11.8. The second kappa shape index (κ2) is 6.24. The van der Waals surface area contributed by atoms with Crippen LogP contribution >= 0.6 is 0 Å². The smallest absolute Gasteiger partial charge is 0.307 e. The minimum absolute atomic E-state index is 0.142. The van der Waals surface area contributed by atoms with Crippen LogP contribution in [0.15, 0.2) is 18.3 Å². The van der Waals surface area contributed by atoms with Gasteiger partial charge < -0.3 is 14.6 Å². The lowest BCUT2D eigenvalue weighted by Gasteiger charge is -2.05. The molecule has 0 aliphatic rings. The third-order valence-electron chi connectivity index (χ3n) is 2.17. The summed E-state index contributed by atoms with van der Waals surface area (Å²) < 4.78 is 6.87. The minimum atomic E-state index is -0.142. The molecule has 0 fully saturated rings. The maximum absolute atomic E-state index is 11.0. The van der Waals surface area contributed by atoms with Gasteiger partial charge in [-0.05, 0) is 19.1 Å². The zero-order valence-corrected chi connectivity index (χ0v) is 9.32. The number of nitrogens with one attached hydrogen (secondary N) is 1. The molecular formula is C11H18N2O2. The van der Waals surface area contributed by atoms with Gasteiger partial charge >= 0.3 is 5.97 Å². The van der Waals surface area contributed by atoms with Crippen molar-refractivity contribution in [2.75, 3.05) is 13.2 Å². The molecule has 1 aromatic heterocycles. The van der Waals surface area contributed by atoms with Crippen LogP contribution < -0.4 is 5.32 Å². The fourth-order valence-electron chi connectivity index (χ4n) is 1.32. The summed E-state index contributed by atoms with van der Waals surface area (Å²) >= 11 is 0. The maximum Gasteiger partial charge on any atom is 0.307 e. The monoisotopic (exact) mass is 210 g/mol. The lowest BCUT2D eigenvalue weighted by atomic mass is 10.4. The Balaban J connectivity index is 2.12. The fraction of sp³-hybridized carbons (Fsp3) is 0.545. The zero-order valence-electron chi connectivity index (χ0n) is 9.32. The summed E-state index contributed by atoms with van der Waals surface area (Å²) in [4.78, 5) is 11.0. The van der Waals surface area contributed by atoms with E-state index in [1.165, 1.54) is 5.69 Å². The molecule has 1 rings (SSSR count). The van der Waals surface area contributed by atoms with Gasteiger partial charge in [-0.25, -0.2) is 0 Å². The summed E-state index contributed by atoms with van der Waals surface area (Å²) in [5, 5.41) is 3.20. The molecule has 0 aromatic carbocycles. The Labute approximate surface area is 90.2 Å². The Bertz CT molecular complexity index is 307. The molecule has 0 aliphatic heterocycles. The van der Waals surface area contributed by atoms with Gasteiger partial charge in [0.1, 0.15) is 0 Å². The molecule has 0 saturated carbocycles. The highest BCUT2D eigenvalue weighted by atomic mass is 16.5. The van der Waals surface area contributed by atoms with Crippen LogP contribution in [0.1, 0.15) is 19.0 Å². The number of aromatic nitrogens is 1. The van der Waals surface area contributed by atoms with Gasteiger partial charge in [0.2, 0.25) is 0 Å². The van der Waals surface area contributed by atoms with Crippen molar-refractivity contribution in [1.82, 2.24) is 9.88 Å². The number of carbonyl (C=O) groups is 1. The van der Waals surface area contributed by atoms with Crippen molar-refractivity contribution in [1.29, 1.82) is 0 Å². The van der Waals surface area contributed by atoms with Gasteiger partial charge in [0, 0.05) is 32.0 Å². The van der Waals surface area contributed by atoms with Gasteiger partial charge in [-0.15, -0.1) is 0 Å². The molecule has 0 amide bonds. The van der Waals surface area contributed by atoms with Crippen LogP contribution in [-0.4, -0.2) is 23.7 Å². The molecular weight excluding hydrogens is 192 g/mol. The molecule has 15 heavy (non-hydrogen) atoms. The highest BCUT2D eigenvalue weighted by Crippen LogP contribution is 1.98. The Morgan fingerprint density at radius 3 is 3.00 bits per heavy atom. The molecule has 0 saturated heterocycles.